The van der Waals surface area contributed by atoms with Crippen molar-refractivity contribution in [2.24, 2.45) is 5.73 Å². The zero-order valence-electron chi connectivity index (χ0n) is 17.2. The summed E-state index contributed by atoms with van der Waals surface area (Å²) >= 11 is 0. The molecule has 0 unspecified atom stereocenters. The van der Waals surface area contributed by atoms with E-state index in [-0.39, 0.29) is 5.91 Å². The second-order valence-corrected chi connectivity index (χ2v) is 8.34. The van der Waals surface area contributed by atoms with Crippen molar-refractivity contribution in [1.29, 1.82) is 0 Å². The number of aryl methyl sites for hydroxylation is 1. The minimum Gasteiger partial charge on any atom is -0.444 e. The molecule has 1 aliphatic rings. The van der Waals surface area contributed by atoms with Crippen LogP contribution in [0.5, 0.6) is 0 Å². The van der Waals surface area contributed by atoms with Crippen molar-refractivity contribution in [3.63, 3.8) is 0 Å². The summed E-state index contributed by atoms with van der Waals surface area (Å²) in [6, 6.07) is 6.21. The standard InChI is InChI=1S/C21H31N3O4/c1-14-8-10-15(11-9-14)13-16(18(22)25)23-19(26)17-7-5-6-12-24(17)20(27)28-21(2,3)4/h8-11,16-17H,5-7,12-13H2,1-4H3,(H2,22,25)(H,23,26)/t16-,17-/m0/s1. The number of primary amides is 1. The molecule has 7 nitrogen and oxygen atoms in total. The lowest BCUT2D eigenvalue weighted by Gasteiger charge is -2.36. The first-order valence-electron chi connectivity index (χ1n) is 9.71. The third-order valence-electron chi connectivity index (χ3n) is 4.65. The van der Waals surface area contributed by atoms with Crippen molar-refractivity contribution < 1.29 is 19.1 Å². The number of piperidine rings is 1. The molecular formula is C21H31N3O4. The van der Waals surface area contributed by atoms with E-state index in [9.17, 15) is 14.4 Å². The zero-order chi connectivity index (χ0) is 20.9. The fraction of sp³-hybridized carbons (Fsp3) is 0.571. The van der Waals surface area contributed by atoms with E-state index in [1.54, 1.807) is 20.8 Å². The van der Waals surface area contributed by atoms with Crippen LogP contribution >= 0.6 is 0 Å². The Morgan fingerprint density at radius 3 is 2.43 bits per heavy atom. The van der Waals surface area contributed by atoms with Gasteiger partial charge < -0.3 is 15.8 Å². The first-order chi connectivity index (χ1) is 13.1. The molecule has 0 bridgehead atoms. The van der Waals surface area contributed by atoms with Gasteiger partial charge in [0.25, 0.3) is 0 Å². The first-order valence-corrected chi connectivity index (χ1v) is 9.71. The van der Waals surface area contributed by atoms with Crippen LogP contribution in [0.2, 0.25) is 0 Å². The molecule has 2 atom stereocenters. The largest absolute Gasteiger partial charge is 0.444 e. The van der Waals surface area contributed by atoms with Gasteiger partial charge in [-0.2, -0.15) is 0 Å². The summed E-state index contributed by atoms with van der Waals surface area (Å²) < 4.78 is 5.43. The van der Waals surface area contributed by atoms with E-state index in [4.69, 9.17) is 10.5 Å². The molecule has 1 aromatic rings. The Morgan fingerprint density at radius 2 is 1.86 bits per heavy atom. The van der Waals surface area contributed by atoms with Crippen LogP contribution in [-0.4, -0.2) is 47.0 Å². The molecule has 1 aromatic carbocycles. The Bertz CT molecular complexity index is 709. The molecular weight excluding hydrogens is 358 g/mol. The summed E-state index contributed by atoms with van der Waals surface area (Å²) in [6.07, 6.45) is 1.96. The van der Waals surface area contributed by atoms with Crippen LogP contribution in [0.3, 0.4) is 0 Å². The maximum absolute atomic E-state index is 12.9. The number of hydrogen-bond donors (Lipinski definition) is 2. The Balaban J connectivity index is 2.08. The molecule has 7 heteroatoms. The van der Waals surface area contributed by atoms with Gasteiger partial charge in [0.05, 0.1) is 0 Å². The van der Waals surface area contributed by atoms with Gasteiger partial charge in [-0.05, 0) is 52.5 Å². The third-order valence-corrected chi connectivity index (χ3v) is 4.65. The number of hydrogen-bond acceptors (Lipinski definition) is 4. The quantitative estimate of drug-likeness (QED) is 0.807. The fourth-order valence-corrected chi connectivity index (χ4v) is 3.19. The van der Waals surface area contributed by atoms with Crippen LogP contribution in [0.1, 0.15) is 51.2 Å². The highest BCUT2D eigenvalue weighted by atomic mass is 16.6. The van der Waals surface area contributed by atoms with Gasteiger partial charge >= 0.3 is 6.09 Å². The van der Waals surface area contributed by atoms with Crippen LogP contribution in [0.4, 0.5) is 4.79 Å². The highest BCUT2D eigenvalue weighted by Gasteiger charge is 2.36. The van der Waals surface area contributed by atoms with E-state index >= 15 is 0 Å². The third kappa shape index (κ3) is 6.25. The van der Waals surface area contributed by atoms with E-state index in [1.807, 2.05) is 31.2 Å². The van der Waals surface area contributed by atoms with Crippen molar-refractivity contribution in [2.75, 3.05) is 6.54 Å². The number of likely N-dealkylation sites (tertiary alicyclic amines) is 1. The summed E-state index contributed by atoms with van der Waals surface area (Å²) in [6.45, 7) is 7.79. The summed E-state index contributed by atoms with van der Waals surface area (Å²) in [5.41, 5.74) is 6.88. The molecule has 1 aliphatic heterocycles. The van der Waals surface area contributed by atoms with E-state index < -0.39 is 29.7 Å². The minimum atomic E-state index is -0.836. The Hall–Kier alpha value is -2.57. The Morgan fingerprint density at radius 1 is 1.21 bits per heavy atom. The monoisotopic (exact) mass is 389 g/mol. The smallest absolute Gasteiger partial charge is 0.410 e. The van der Waals surface area contributed by atoms with Crippen molar-refractivity contribution >= 4 is 17.9 Å². The van der Waals surface area contributed by atoms with Gasteiger partial charge in [-0.25, -0.2) is 4.79 Å². The lowest BCUT2D eigenvalue weighted by molar-refractivity contribution is -0.131. The van der Waals surface area contributed by atoms with Crippen molar-refractivity contribution in [3.8, 4) is 0 Å². The van der Waals surface area contributed by atoms with Crippen LogP contribution < -0.4 is 11.1 Å². The van der Waals surface area contributed by atoms with E-state index in [1.165, 1.54) is 4.90 Å². The van der Waals surface area contributed by atoms with Crippen molar-refractivity contribution in [1.82, 2.24) is 10.2 Å². The highest BCUT2D eigenvalue weighted by Crippen LogP contribution is 2.21. The fourth-order valence-electron chi connectivity index (χ4n) is 3.19. The summed E-state index contributed by atoms with van der Waals surface area (Å²) in [5.74, 6) is -0.977. The second-order valence-electron chi connectivity index (χ2n) is 8.34. The van der Waals surface area contributed by atoms with E-state index in [2.05, 4.69) is 5.32 Å². The summed E-state index contributed by atoms with van der Waals surface area (Å²) in [7, 11) is 0. The minimum absolute atomic E-state index is 0.306. The van der Waals surface area contributed by atoms with Crippen LogP contribution in [0.15, 0.2) is 24.3 Å². The molecule has 1 saturated heterocycles. The zero-order valence-corrected chi connectivity index (χ0v) is 17.2. The molecule has 0 aromatic heterocycles. The second kappa shape index (κ2) is 9.08. The van der Waals surface area contributed by atoms with Gasteiger partial charge in [0, 0.05) is 13.0 Å². The number of nitrogens with one attached hydrogen (secondary N) is 1. The number of ether oxygens (including phenoxy) is 1. The maximum atomic E-state index is 12.9. The first kappa shape index (κ1) is 21.7. The number of carbonyl (C=O) groups excluding carboxylic acids is 3. The molecule has 3 N–H and O–H groups in total. The molecule has 0 spiro atoms. The number of carbonyl (C=O) groups is 3. The van der Waals surface area contributed by atoms with Crippen LogP contribution in [0, 0.1) is 6.92 Å². The van der Waals surface area contributed by atoms with E-state index in [0.717, 1.165) is 24.0 Å². The lowest BCUT2D eigenvalue weighted by Crippen LogP contribution is -2.56. The normalized spacial score (nSPS) is 18.3. The molecule has 3 amide bonds. The molecule has 0 saturated carbocycles. The number of benzene rings is 1. The Kier molecular flexibility index (Phi) is 7.05. The number of rotatable bonds is 5. The summed E-state index contributed by atoms with van der Waals surface area (Å²) in [4.78, 5) is 38.7. The average molecular weight is 389 g/mol. The predicted molar refractivity (Wildman–Crippen MR) is 107 cm³/mol. The molecule has 28 heavy (non-hydrogen) atoms. The number of nitrogens with zero attached hydrogens (tertiary/aromatic N) is 1. The molecule has 154 valence electrons. The predicted octanol–water partition coefficient (Wildman–Crippen LogP) is 2.30. The SMILES string of the molecule is Cc1ccc(C[C@H](NC(=O)[C@@H]2CCCCN2C(=O)OC(C)(C)C)C(N)=O)cc1. The van der Waals surface area contributed by atoms with Gasteiger partial charge in [0.2, 0.25) is 11.8 Å². The van der Waals surface area contributed by atoms with Gasteiger partial charge in [-0.1, -0.05) is 29.8 Å². The molecule has 2 rings (SSSR count). The van der Waals surface area contributed by atoms with Crippen molar-refractivity contribution in [2.45, 2.75) is 71.1 Å². The number of amides is 3. The van der Waals surface area contributed by atoms with Crippen molar-refractivity contribution in [3.05, 3.63) is 35.4 Å². The molecule has 0 aliphatic carbocycles. The van der Waals surface area contributed by atoms with Gasteiger partial charge in [0.15, 0.2) is 0 Å². The topological polar surface area (TPSA) is 102 Å². The average Bonchev–Trinajstić information content (AvgIpc) is 2.61. The van der Waals surface area contributed by atoms with Gasteiger partial charge in [0.1, 0.15) is 17.7 Å². The van der Waals surface area contributed by atoms with Gasteiger partial charge in [-0.3, -0.25) is 14.5 Å². The molecule has 1 heterocycles. The number of nitrogens with two attached hydrogens (primary N) is 1. The highest BCUT2D eigenvalue weighted by molar-refractivity contribution is 5.91. The Labute approximate surface area is 166 Å². The van der Waals surface area contributed by atoms with Crippen LogP contribution in [-0.2, 0) is 20.7 Å². The van der Waals surface area contributed by atoms with E-state index in [0.29, 0.717) is 19.4 Å². The van der Waals surface area contributed by atoms with Gasteiger partial charge in [-0.15, -0.1) is 0 Å². The molecule has 0 radical (unpaired) electrons. The summed E-state index contributed by atoms with van der Waals surface area (Å²) in [5, 5.41) is 2.73. The van der Waals surface area contributed by atoms with Crippen LogP contribution in [0.25, 0.3) is 0 Å². The molecule has 1 fully saturated rings. The maximum Gasteiger partial charge on any atom is 0.410 e. The lowest BCUT2D eigenvalue weighted by atomic mass is 10.00.